The van der Waals surface area contributed by atoms with E-state index in [1.54, 1.807) is 12.1 Å². The summed E-state index contributed by atoms with van der Waals surface area (Å²) in [6, 6.07) is 8.94. The molecule has 17 heavy (non-hydrogen) atoms. The van der Waals surface area contributed by atoms with Gasteiger partial charge in [-0.1, -0.05) is 38.0 Å². The van der Waals surface area contributed by atoms with E-state index in [-0.39, 0.29) is 5.62 Å². The lowest BCUT2D eigenvalue weighted by Gasteiger charge is -2.16. The van der Waals surface area contributed by atoms with Gasteiger partial charge < -0.3 is 4.52 Å². The third kappa shape index (κ3) is 5.58. The van der Waals surface area contributed by atoms with Crippen LogP contribution in [0.2, 0.25) is 0 Å². The standard InChI is InChI=1S/C12H18ClO3P/c1-2-3-7-10-15-17(14,11-13)16-12-8-5-4-6-9-12/h4-6,8-9H,2-3,7,10-11H2,1H3/t17-/m1/s1. The van der Waals surface area contributed by atoms with Crippen molar-refractivity contribution in [1.82, 2.24) is 0 Å². The minimum absolute atomic E-state index is 0.131. The van der Waals surface area contributed by atoms with Gasteiger partial charge in [-0.25, -0.2) is 4.57 Å². The fourth-order valence-electron chi connectivity index (χ4n) is 1.28. The fourth-order valence-corrected chi connectivity index (χ4v) is 2.66. The zero-order valence-corrected chi connectivity index (χ0v) is 11.6. The first kappa shape index (κ1) is 14.6. The number of benzene rings is 1. The average molecular weight is 277 g/mol. The van der Waals surface area contributed by atoms with Crippen molar-refractivity contribution in [3.05, 3.63) is 30.3 Å². The molecule has 0 radical (unpaired) electrons. The van der Waals surface area contributed by atoms with E-state index in [9.17, 15) is 4.57 Å². The minimum atomic E-state index is -3.20. The molecule has 96 valence electrons. The number of unbranched alkanes of at least 4 members (excludes halogenated alkanes) is 2. The first-order valence-electron chi connectivity index (χ1n) is 5.74. The monoisotopic (exact) mass is 276 g/mol. The van der Waals surface area contributed by atoms with Crippen LogP contribution in [0, 0.1) is 0 Å². The van der Waals surface area contributed by atoms with Crippen LogP contribution >= 0.6 is 19.2 Å². The molecule has 0 spiro atoms. The van der Waals surface area contributed by atoms with Crippen LogP contribution in [0.15, 0.2) is 30.3 Å². The summed E-state index contributed by atoms with van der Waals surface area (Å²) in [5.41, 5.74) is -0.131. The molecule has 0 unspecified atom stereocenters. The maximum atomic E-state index is 12.1. The Labute approximate surface area is 108 Å². The smallest absolute Gasteiger partial charge is 0.393 e. The molecule has 1 aromatic carbocycles. The Bertz CT molecular complexity index is 356. The van der Waals surface area contributed by atoms with Crippen molar-refractivity contribution in [2.75, 3.05) is 12.2 Å². The fraction of sp³-hybridized carbons (Fsp3) is 0.500. The van der Waals surface area contributed by atoms with Crippen LogP contribution in [0.1, 0.15) is 26.2 Å². The summed E-state index contributed by atoms with van der Waals surface area (Å²) < 4.78 is 22.8. The zero-order chi connectivity index (χ0) is 12.6. The van der Waals surface area contributed by atoms with Gasteiger partial charge in [0.25, 0.3) is 0 Å². The second-order valence-corrected chi connectivity index (χ2v) is 6.29. The number of para-hydroxylation sites is 1. The van der Waals surface area contributed by atoms with E-state index in [1.807, 2.05) is 18.2 Å². The van der Waals surface area contributed by atoms with Crippen LogP contribution in [0.3, 0.4) is 0 Å². The molecule has 0 aromatic heterocycles. The van der Waals surface area contributed by atoms with Crippen molar-refractivity contribution in [1.29, 1.82) is 0 Å². The quantitative estimate of drug-likeness (QED) is 0.393. The van der Waals surface area contributed by atoms with Gasteiger partial charge in [0.15, 0.2) is 0 Å². The Morgan fingerprint density at radius 2 is 1.94 bits per heavy atom. The topological polar surface area (TPSA) is 35.5 Å². The molecule has 1 rings (SSSR count). The molecule has 0 bridgehead atoms. The predicted octanol–water partition coefficient (Wildman–Crippen LogP) is 4.66. The highest BCUT2D eigenvalue weighted by molar-refractivity contribution is 7.56. The number of halogens is 1. The number of hydrogen-bond donors (Lipinski definition) is 0. The second-order valence-electron chi connectivity index (χ2n) is 3.68. The van der Waals surface area contributed by atoms with Crippen LogP contribution < -0.4 is 4.52 Å². The minimum Gasteiger partial charge on any atom is -0.424 e. The van der Waals surface area contributed by atoms with Gasteiger partial charge in [-0.15, -0.1) is 11.6 Å². The third-order valence-electron chi connectivity index (χ3n) is 2.17. The largest absolute Gasteiger partial charge is 0.424 e. The van der Waals surface area contributed by atoms with Gasteiger partial charge in [0.1, 0.15) is 11.4 Å². The molecule has 1 atom stereocenters. The zero-order valence-electron chi connectivity index (χ0n) is 9.97. The van der Waals surface area contributed by atoms with Crippen molar-refractivity contribution in [2.24, 2.45) is 0 Å². The molecule has 0 fully saturated rings. The van der Waals surface area contributed by atoms with Gasteiger partial charge in [-0.05, 0) is 18.6 Å². The normalized spacial score (nSPS) is 14.2. The first-order chi connectivity index (χ1) is 8.20. The lowest BCUT2D eigenvalue weighted by molar-refractivity contribution is 0.262. The van der Waals surface area contributed by atoms with E-state index in [1.165, 1.54) is 0 Å². The summed E-state index contributed by atoms with van der Waals surface area (Å²) in [6.45, 7) is 2.52. The molecule has 0 saturated carbocycles. The van der Waals surface area contributed by atoms with Crippen molar-refractivity contribution >= 4 is 19.2 Å². The third-order valence-corrected chi connectivity index (χ3v) is 4.41. The van der Waals surface area contributed by atoms with Gasteiger partial charge in [-0.3, -0.25) is 4.52 Å². The number of alkyl halides is 1. The average Bonchev–Trinajstić information content (AvgIpc) is 2.36. The maximum absolute atomic E-state index is 12.1. The van der Waals surface area contributed by atoms with Gasteiger partial charge >= 0.3 is 7.60 Å². The first-order valence-corrected chi connectivity index (χ1v) is 8.00. The molecule has 0 aliphatic heterocycles. The molecule has 0 amide bonds. The van der Waals surface area contributed by atoms with E-state index in [0.717, 1.165) is 19.3 Å². The lowest BCUT2D eigenvalue weighted by atomic mass is 10.3. The molecule has 5 heteroatoms. The molecular formula is C12H18ClO3P. The van der Waals surface area contributed by atoms with Crippen LogP contribution in [-0.2, 0) is 9.09 Å². The Balaban J connectivity index is 2.48. The number of hydrogen-bond acceptors (Lipinski definition) is 3. The van der Waals surface area contributed by atoms with Crippen molar-refractivity contribution in [2.45, 2.75) is 26.2 Å². The Morgan fingerprint density at radius 1 is 1.24 bits per heavy atom. The van der Waals surface area contributed by atoms with Crippen LogP contribution in [0.4, 0.5) is 0 Å². The molecule has 3 nitrogen and oxygen atoms in total. The van der Waals surface area contributed by atoms with Crippen molar-refractivity contribution in [3.63, 3.8) is 0 Å². The van der Waals surface area contributed by atoms with E-state index < -0.39 is 7.60 Å². The highest BCUT2D eigenvalue weighted by atomic mass is 35.5. The van der Waals surface area contributed by atoms with Crippen molar-refractivity contribution in [3.8, 4) is 5.75 Å². The molecule has 0 N–H and O–H groups in total. The summed E-state index contributed by atoms with van der Waals surface area (Å²) in [5, 5.41) is 0. The summed E-state index contributed by atoms with van der Waals surface area (Å²) in [7, 11) is -3.20. The van der Waals surface area contributed by atoms with Gasteiger partial charge in [0, 0.05) is 0 Å². The highest BCUT2D eigenvalue weighted by Gasteiger charge is 2.24. The van der Waals surface area contributed by atoms with Crippen LogP contribution in [0.5, 0.6) is 5.75 Å². The van der Waals surface area contributed by atoms with Crippen LogP contribution in [-0.4, -0.2) is 12.2 Å². The summed E-state index contributed by atoms with van der Waals surface area (Å²) >= 11 is 5.66. The lowest BCUT2D eigenvalue weighted by Crippen LogP contribution is -2.01. The summed E-state index contributed by atoms with van der Waals surface area (Å²) in [6.07, 6.45) is 3.01. The van der Waals surface area contributed by atoms with Crippen molar-refractivity contribution < 1.29 is 13.6 Å². The molecule has 0 aliphatic carbocycles. The maximum Gasteiger partial charge on any atom is 0.393 e. The van der Waals surface area contributed by atoms with Gasteiger partial charge in [0.2, 0.25) is 0 Å². The van der Waals surface area contributed by atoms with Gasteiger partial charge in [0.05, 0.1) is 6.61 Å². The molecular weight excluding hydrogens is 259 g/mol. The van der Waals surface area contributed by atoms with E-state index >= 15 is 0 Å². The SMILES string of the molecule is CCCCCO[P@](=O)(CCl)Oc1ccccc1. The van der Waals surface area contributed by atoms with E-state index in [4.69, 9.17) is 20.6 Å². The van der Waals surface area contributed by atoms with E-state index in [2.05, 4.69) is 6.92 Å². The molecule has 1 aromatic rings. The predicted molar refractivity (Wildman–Crippen MR) is 70.9 cm³/mol. The molecule has 0 heterocycles. The second kappa shape index (κ2) is 7.75. The van der Waals surface area contributed by atoms with Crippen LogP contribution in [0.25, 0.3) is 0 Å². The summed E-state index contributed by atoms with van der Waals surface area (Å²) in [5.74, 6) is 0.520. The van der Waals surface area contributed by atoms with Gasteiger partial charge in [-0.2, -0.15) is 0 Å². The Kier molecular flexibility index (Phi) is 6.64. The Hall–Kier alpha value is -0.500. The number of rotatable bonds is 8. The molecule has 0 saturated heterocycles. The Morgan fingerprint density at radius 3 is 2.53 bits per heavy atom. The molecule has 0 aliphatic rings. The highest BCUT2D eigenvalue weighted by Crippen LogP contribution is 2.49. The van der Waals surface area contributed by atoms with E-state index in [0.29, 0.717) is 12.4 Å². The summed E-state index contributed by atoms with van der Waals surface area (Å²) in [4.78, 5) is 0.